The first-order valence-corrected chi connectivity index (χ1v) is 5.61. The normalized spacial score (nSPS) is 11.9. The molecule has 0 saturated heterocycles. The molecule has 1 unspecified atom stereocenters. The number of nitrogens with one attached hydrogen (secondary N) is 1. The molecule has 0 aliphatic carbocycles. The van der Waals surface area contributed by atoms with Gasteiger partial charge >= 0.3 is 5.97 Å². The van der Waals surface area contributed by atoms with Gasteiger partial charge in [-0.15, -0.1) is 11.3 Å². The zero-order valence-electron chi connectivity index (χ0n) is 9.02. The summed E-state index contributed by atoms with van der Waals surface area (Å²) in [4.78, 5) is 26.0. The standard InChI is InChI=1S/C9H13N3O3S/c1-3-15-8(14)6-4-16-9(12-6)11-5(2)7(10)13/h4-5H,3H2,1-2H3,(H2,10,13)(H,11,12). The number of ether oxygens (including phenoxy) is 1. The highest BCUT2D eigenvalue weighted by Gasteiger charge is 2.14. The maximum Gasteiger partial charge on any atom is 0.357 e. The molecule has 0 aliphatic rings. The largest absolute Gasteiger partial charge is 0.461 e. The van der Waals surface area contributed by atoms with Crippen molar-refractivity contribution in [3.63, 3.8) is 0 Å². The number of carbonyl (C=O) groups excluding carboxylic acids is 2. The lowest BCUT2D eigenvalue weighted by atomic mass is 10.3. The number of carbonyl (C=O) groups is 2. The Morgan fingerprint density at radius 1 is 1.69 bits per heavy atom. The third-order valence-corrected chi connectivity index (χ3v) is 2.53. The molecule has 0 fully saturated rings. The first kappa shape index (κ1) is 12.4. The molecular weight excluding hydrogens is 230 g/mol. The Bertz CT molecular complexity index is 391. The fourth-order valence-corrected chi connectivity index (χ4v) is 1.66. The van der Waals surface area contributed by atoms with E-state index in [0.29, 0.717) is 11.7 Å². The summed E-state index contributed by atoms with van der Waals surface area (Å²) in [6, 6.07) is -0.527. The molecule has 1 atom stereocenters. The monoisotopic (exact) mass is 243 g/mol. The van der Waals surface area contributed by atoms with Crippen molar-refractivity contribution in [2.45, 2.75) is 19.9 Å². The number of amides is 1. The maximum absolute atomic E-state index is 11.3. The van der Waals surface area contributed by atoms with E-state index in [9.17, 15) is 9.59 Å². The molecule has 1 aromatic rings. The van der Waals surface area contributed by atoms with Crippen molar-refractivity contribution in [1.29, 1.82) is 0 Å². The molecule has 0 radical (unpaired) electrons. The average Bonchev–Trinajstić information content (AvgIpc) is 2.66. The van der Waals surface area contributed by atoms with Gasteiger partial charge in [0.25, 0.3) is 0 Å². The van der Waals surface area contributed by atoms with Crippen molar-refractivity contribution >= 4 is 28.3 Å². The van der Waals surface area contributed by atoms with E-state index in [-0.39, 0.29) is 5.69 Å². The predicted molar refractivity (Wildman–Crippen MR) is 60.3 cm³/mol. The number of hydrogen-bond acceptors (Lipinski definition) is 6. The summed E-state index contributed by atoms with van der Waals surface area (Å²) in [5.41, 5.74) is 5.31. The molecule has 0 aromatic carbocycles. The van der Waals surface area contributed by atoms with Crippen LogP contribution in [0.15, 0.2) is 5.38 Å². The van der Waals surface area contributed by atoms with Crippen LogP contribution in [0, 0.1) is 0 Å². The molecule has 1 heterocycles. The van der Waals surface area contributed by atoms with E-state index < -0.39 is 17.9 Å². The van der Waals surface area contributed by atoms with Crippen LogP contribution in [0.1, 0.15) is 24.3 Å². The predicted octanol–water partition coefficient (Wildman–Crippen LogP) is 0.605. The molecule has 88 valence electrons. The molecule has 1 amide bonds. The van der Waals surface area contributed by atoms with Gasteiger partial charge in [-0.1, -0.05) is 0 Å². The minimum Gasteiger partial charge on any atom is -0.461 e. The van der Waals surface area contributed by atoms with Crippen LogP contribution in [-0.2, 0) is 9.53 Å². The van der Waals surface area contributed by atoms with E-state index in [4.69, 9.17) is 10.5 Å². The van der Waals surface area contributed by atoms with Crippen LogP contribution in [0.3, 0.4) is 0 Å². The lowest BCUT2D eigenvalue weighted by molar-refractivity contribution is -0.118. The molecule has 1 aromatic heterocycles. The van der Waals surface area contributed by atoms with Crippen LogP contribution >= 0.6 is 11.3 Å². The van der Waals surface area contributed by atoms with Crippen LogP contribution < -0.4 is 11.1 Å². The molecule has 1 rings (SSSR count). The SMILES string of the molecule is CCOC(=O)c1csc(NC(C)C(N)=O)n1. The van der Waals surface area contributed by atoms with Crippen molar-refractivity contribution in [2.24, 2.45) is 5.73 Å². The fourth-order valence-electron chi connectivity index (χ4n) is 0.895. The van der Waals surface area contributed by atoms with Gasteiger partial charge in [-0.3, -0.25) is 4.79 Å². The van der Waals surface area contributed by atoms with Gasteiger partial charge in [0.2, 0.25) is 5.91 Å². The van der Waals surface area contributed by atoms with Crippen molar-refractivity contribution < 1.29 is 14.3 Å². The quantitative estimate of drug-likeness (QED) is 0.739. The second kappa shape index (κ2) is 5.45. The van der Waals surface area contributed by atoms with Crippen LogP contribution in [0.25, 0.3) is 0 Å². The van der Waals surface area contributed by atoms with Crippen molar-refractivity contribution in [2.75, 3.05) is 11.9 Å². The van der Waals surface area contributed by atoms with E-state index in [0.717, 1.165) is 0 Å². The zero-order chi connectivity index (χ0) is 12.1. The molecule has 16 heavy (non-hydrogen) atoms. The van der Waals surface area contributed by atoms with E-state index in [1.807, 2.05) is 0 Å². The van der Waals surface area contributed by atoms with Gasteiger partial charge in [-0.05, 0) is 13.8 Å². The minimum atomic E-state index is -0.527. The van der Waals surface area contributed by atoms with E-state index in [2.05, 4.69) is 10.3 Å². The summed E-state index contributed by atoms with van der Waals surface area (Å²) in [6.45, 7) is 3.64. The molecule has 0 saturated carbocycles. The molecule has 0 bridgehead atoms. The molecular formula is C9H13N3O3S. The van der Waals surface area contributed by atoms with Gasteiger partial charge < -0.3 is 15.8 Å². The fraction of sp³-hybridized carbons (Fsp3) is 0.444. The summed E-state index contributed by atoms with van der Waals surface area (Å²) in [5.74, 6) is -0.952. The second-order valence-electron chi connectivity index (χ2n) is 3.03. The van der Waals surface area contributed by atoms with Gasteiger partial charge in [-0.2, -0.15) is 0 Å². The number of rotatable bonds is 5. The van der Waals surface area contributed by atoms with Gasteiger partial charge in [0.15, 0.2) is 10.8 Å². The number of hydrogen-bond donors (Lipinski definition) is 2. The third kappa shape index (κ3) is 3.20. The average molecular weight is 243 g/mol. The van der Waals surface area contributed by atoms with Crippen molar-refractivity contribution in [3.8, 4) is 0 Å². The lowest BCUT2D eigenvalue weighted by Gasteiger charge is -2.07. The van der Waals surface area contributed by atoms with Gasteiger partial charge in [0, 0.05) is 5.38 Å². The Morgan fingerprint density at radius 3 is 2.94 bits per heavy atom. The summed E-state index contributed by atoms with van der Waals surface area (Å²) in [7, 11) is 0. The highest BCUT2D eigenvalue weighted by atomic mass is 32.1. The Labute approximate surface area is 96.8 Å². The summed E-state index contributed by atoms with van der Waals surface area (Å²) >= 11 is 1.22. The minimum absolute atomic E-state index is 0.228. The Hall–Kier alpha value is -1.63. The van der Waals surface area contributed by atoms with Crippen molar-refractivity contribution in [1.82, 2.24) is 4.98 Å². The van der Waals surface area contributed by atoms with Crippen molar-refractivity contribution in [3.05, 3.63) is 11.1 Å². The lowest BCUT2D eigenvalue weighted by Crippen LogP contribution is -2.32. The summed E-state index contributed by atoms with van der Waals surface area (Å²) < 4.78 is 4.78. The highest BCUT2D eigenvalue weighted by molar-refractivity contribution is 7.13. The number of aromatic nitrogens is 1. The number of thiazole rings is 1. The van der Waals surface area contributed by atoms with E-state index in [1.165, 1.54) is 11.3 Å². The van der Waals surface area contributed by atoms with Crippen LogP contribution in [0.4, 0.5) is 5.13 Å². The number of nitrogens with two attached hydrogens (primary N) is 1. The Morgan fingerprint density at radius 2 is 2.38 bits per heavy atom. The summed E-state index contributed by atoms with van der Waals surface area (Å²) in [6.07, 6.45) is 0. The summed E-state index contributed by atoms with van der Waals surface area (Å²) in [5, 5.41) is 4.81. The number of esters is 1. The van der Waals surface area contributed by atoms with E-state index >= 15 is 0 Å². The van der Waals surface area contributed by atoms with E-state index in [1.54, 1.807) is 19.2 Å². The highest BCUT2D eigenvalue weighted by Crippen LogP contribution is 2.16. The number of anilines is 1. The Balaban J connectivity index is 2.64. The Kier molecular flexibility index (Phi) is 4.24. The molecule has 0 aliphatic heterocycles. The van der Waals surface area contributed by atoms with Crippen LogP contribution in [0.5, 0.6) is 0 Å². The second-order valence-corrected chi connectivity index (χ2v) is 3.88. The van der Waals surface area contributed by atoms with Crippen LogP contribution in [-0.4, -0.2) is 29.5 Å². The smallest absolute Gasteiger partial charge is 0.357 e. The third-order valence-electron chi connectivity index (χ3n) is 1.76. The van der Waals surface area contributed by atoms with Gasteiger partial charge in [-0.25, -0.2) is 9.78 Å². The molecule has 3 N–H and O–H groups in total. The molecule has 0 spiro atoms. The maximum atomic E-state index is 11.3. The van der Waals surface area contributed by atoms with Gasteiger partial charge in [0.05, 0.1) is 6.61 Å². The first-order chi connectivity index (χ1) is 7.54. The zero-order valence-corrected chi connectivity index (χ0v) is 9.84. The number of primary amides is 1. The topological polar surface area (TPSA) is 94.3 Å². The van der Waals surface area contributed by atoms with Crippen LogP contribution in [0.2, 0.25) is 0 Å². The molecule has 7 heteroatoms. The van der Waals surface area contributed by atoms with Gasteiger partial charge in [0.1, 0.15) is 6.04 Å². The first-order valence-electron chi connectivity index (χ1n) is 4.73. The molecule has 6 nitrogen and oxygen atoms in total. The number of nitrogens with zero attached hydrogens (tertiary/aromatic N) is 1.